The van der Waals surface area contributed by atoms with Gasteiger partial charge < -0.3 is 10.2 Å². The van der Waals surface area contributed by atoms with Crippen molar-refractivity contribution in [2.45, 2.75) is 32.1 Å². The Labute approximate surface area is 73.6 Å². The first kappa shape index (κ1) is 8.52. The lowest BCUT2D eigenvalue weighted by Crippen LogP contribution is -2.52. The maximum absolute atomic E-state index is 9.36. The zero-order valence-corrected chi connectivity index (χ0v) is 7.50. The second kappa shape index (κ2) is 3.00. The van der Waals surface area contributed by atoms with E-state index in [2.05, 4.69) is 0 Å². The van der Waals surface area contributed by atoms with Crippen LogP contribution < -0.4 is 0 Å². The molecule has 2 aliphatic carbocycles. The summed E-state index contributed by atoms with van der Waals surface area (Å²) in [5.41, 5.74) is 0.132. The summed E-state index contributed by atoms with van der Waals surface area (Å²) in [5, 5.41) is 18.6. The molecule has 12 heavy (non-hydrogen) atoms. The minimum Gasteiger partial charge on any atom is -0.396 e. The molecule has 0 amide bonds. The Morgan fingerprint density at radius 2 is 2.00 bits per heavy atom. The van der Waals surface area contributed by atoms with Crippen LogP contribution in [0.25, 0.3) is 0 Å². The maximum atomic E-state index is 9.36. The molecule has 2 nitrogen and oxygen atoms in total. The van der Waals surface area contributed by atoms with Gasteiger partial charge in [0, 0.05) is 18.6 Å². The van der Waals surface area contributed by atoms with E-state index in [4.69, 9.17) is 0 Å². The van der Waals surface area contributed by atoms with Crippen molar-refractivity contribution in [2.75, 3.05) is 13.2 Å². The second-order valence-electron chi connectivity index (χ2n) is 4.44. The predicted molar refractivity (Wildman–Crippen MR) is 46.7 cm³/mol. The molecule has 0 aromatic rings. The van der Waals surface area contributed by atoms with Crippen molar-refractivity contribution in [1.82, 2.24) is 0 Å². The minimum absolute atomic E-state index is 0.132. The smallest absolute Gasteiger partial charge is 0.0493 e. The standard InChI is InChI=1S/C10H18O2/c11-6-9-3-1-2-8-4-5-10(8,9)7-12/h8-9,11-12H,1-7H2. The molecule has 0 heterocycles. The Morgan fingerprint density at radius 3 is 2.42 bits per heavy atom. The predicted octanol–water partition coefficient (Wildman–Crippen LogP) is 1.17. The summed E-state index contributed by atoms with van der Waals surface area (Å²) in [7, 11) is 0. The highest BCUT2D eigenvalue weighted by molar-refractivity contribution is 5.01. The van der Waals surface area contributed by atoms with Gasteiger partial charge in [-0.05, 0) is 37.5 Å². The lowest BCUT2D eigenvalue weighted by molar-refractivity contribution is -0.118. The number of rotatable bonds is 2. The summed E-state index contributed by atoms with van der Waals surface area (Å²) in [5.74, 6) is 1.10. The molecule has 2 fully saturated rings. The summed E-state index contributed by atoms with van der Waals surface area (Å²) in [6.07, 6.45) is 6.05. The summed E-state index contributed by atoms with van der Waals surface area (Å²) >= 11 is 0. The van der Waals surface area contributed by atoms with Crippen LogP contribution in [-0.4, -0.2) is 23.4 Å². The van der Waals surface area contributed by atoms with E-state index in [0.29, 0.717) is 18.4 Å². The van der Waals surface area contributed by atoms with E-state index in [1.165, 1.54) is 19.3 Å². The molecular formula is C10H18O2. The molecular weight excluding hydrogens is 152 g/mol. The zero-order valence-electron chi connectivity index (χ0n) is 7.50. The van der Waals surface area contributed by atoms with Gasteiger partial charge in [-0.25, -0.2) is 0 Å². The molecule has 0 aromatic heterocycles. The van der Waals surface area contributed by atoms with E-state index >= 15 is 0 Å². The maximum Gasteiger partial charge on any atom is 0.0493 e. The first-order valence-electron chi connectivity index (χ1n) is 5.05. The van der Waals surface area contributed by atoms with Crippen molar-refractivity contribution in [1.29, 1.82) is 0 Å². The lowest BCUT2D eigenvalue weighted by atomic mass is 9.50. The molecule has 3 unspecified atom stereocenters. The van der Waals surface area contributed by atoms with Crippen molar-refractivity contribution in [3.8, 4) is 0 Å². The van der Waals surface area contributed by atoms with Crippen LogP contribution in [0, 0.1) is 17.3 Å². The number of aliphatic hydroxyl groups is 2. The molecule has 0 bridgehead atoms. The molecule has 0 aliphatic heterocycles. The summed E-state index contributed by atoms with van der Waals surface area (Å²) in [6.45, 7) is 0.569. The van der Waals surface area contributed by atoms with Gasteiger partial charge in [0.2, 0.25) is 0 Å². The zero-order chi connectivity index (χ0) is 8.60. The lowest BCUT2D eigenvalue weighted by Gasteiger charge is -2.56. The van der Waals surface area contributed by atoms with Crippen LogP contribution >= 0.6 is 0 Å². The Morgan fingerprint density at radius 1 is 1.17 bits per heavy atom. The summed E-state index contributed by atoms with van der Waals surface area (Å²) in [6, 6.07) is 0. The topological polar surface area (TPSA) is 40.5 Å². The number of hydrogen-bond donors (Lipinski definition) is 2. The Balaban J connectivity index is 2.12. The van der Waals surface area contributed by atoms with Crippen molar-refractivity contribution in [3.05, 3.63) is 0 Å². The molecule has 2 N–H and O–H groups in total. The van der Waals surface area contributed by atoms with Crippen molar-refractivity contribution < 1.29 is 10.2 Å². The first-order valence-corrected chi connectivity index (χ1v) is 5.05. The fraction of sp³-hybridized carbons (Fsp3) is 1.00. The van der Waals surface area contributed by atoms with Gasteiger partial charge in [0.1, 0.15) is 0 Å². The van der Waals surface area contributed by atoms with E-state index < -0.39 is 0 Å². The third-order valence-corrected chi connectivity index (χ3v) is 4.20. The molecule has 70 valence electrons. The molecule has 2 saturated carbocycles. The molecule has 2 heteroatoms. The summed E-state index contributed by atoms with van der Waals surface area (Å²) < 4.78 is 0. The van der Waals surface area contributed by atoms with Gasteiger partial charge in [-0.2, -0.15) is 0 Å². The molecule has 2 aliphatic rings. The Bertz CT molecular complexity index is 165. The van der Waals surface area contributed by atoms with E-state index in [-0.39, 0.29) is 12.0 Å². The van der Waals surface area contributed by atoms with Crippen molar-refractivity contribution in [2.24, 2.45) is 17.3 Å². The number of fused-ring (bicyclic) bond motifs is 1. The molecule has 0 spiro atoms. The number of aliphatic hydroxyl groups excluding tert-OH is 2. The quantitative estimate of drug-likeness (QED) is 0.653. The molecule has 2 rings (SSSR count). The Hall–Kier alpha value is -0.0800. The van der Waals surface area contributed by atoms with Gasteiger partial charge in [-0.15, -0.1) is 0 Å². The van der Waals surface area contributed by atoms with Crippen molar-refractivity contribution >= 4 is 0 Å². The highest BCUT2D eigenvalue weighted by Crippen LogP contribution is 2.57. The fourth-order valence-corrected chi connectivity index (χ4v) is 3.20. The third kappa shape index (κ3) is 0.944. The van der Waals surface area contributed by atoms with E-state index in [1.807, 2.05) is 0 Å². The second-order valence-corrected chi connectivity index (χ2v) is 4.44. The van der Waals surface area contributed by atoms with Crippen LogP contribution in [0.3, 0.4) is 0 Å². The normalized spacial score (nSPS) is 46.5. The highest BCUT2D eigenvalue weighted by Gasteiger charge is 2.52. The Kier molecular flexibility index (Phi) is 2.13. The molecule has 0 aromatic carbocycles. The van der Waals surface area contributed by atoms with Crippen LogP contribution in [0.2, 0.25) is 0 Å². The SMILES string of the molecule is OCC1CCCC2CCC12CO. The highest BCUT2D eigenvalue weighted by atomic mass is 16.3. The average molecular weight is 170 g/mol. The molecule has 0 saturated heterocycles. The van der Waals surface area contributed by atoms with Crippen LogP contribution in [-0.2, 0) is 0 Å². The van der Waals surface area contributed by atoms with Crippen LogP contribution in [0.4, 0.5) is 0 Å². The summed E-state index contributed by atoms with van der Waals surface area (Å²) in [4.78, 5) is 0. The molecule has 3 atom stereocenters. The van der Waals surface area contributed by atoms with Gasteiger partial charge in [-0.1, -0.05) is 6.42 Å². The van der Waals surface area contributed by atoms with Gasteiger partial charge >= 0.3 is 0 Å². The van der Waals surface area contributed by atoms with Crippen LogP contribution in [0.15, 0.2) is 0 Å². The molecule has 0 radical (unpaired) electrons. The largest absolute Gasteiger partial charge is 0.396 e. The van der Waals surface area contributed by atoms with Crippen LogP contribution in [0.5, 0.6) is 0 Å². The van der Waals surface area contributed by atoms with Crippen LogP contribution in [0.1, 0.15) is 32.1 Å². The number of hydrogen-bond acceptors (Lipinski definition) is 2. The van der Waals surface area contributed by atoms with Gasteiger partial charge in [-0.3, -0.25) is 0 Å². The van der Waals surface area contributed by atoms with E-state index in [1.54, 1.807) is 0 Å². The van der Waals surface area contributed by atoms with E-state index in [9.17, 15) is 10.2 Å². The fourth-order valence-electron chi connectivity index (χ4n) is 3.20. The monoisotopic (exact) mass is 170 g/mol. The average Bonchev–Trinajstić information content (AvgIpc) is 2.07. The first-order chi connectivity index (χ1) is 5.83. The van der Waals surface area contributed by atoms with Gasteiger partial charge in [0.25, 0.3) is 0 Å². The minimum atomic E-state index is 0.132. The van der Waals surface area contributed by atoms with Gasteiger partial charge in [0.05, 0.1) is 0 Å². The third-order valence-electron chi connectivity index (χ3n) is 4.20. The van der Waals surface area contributed by atoms with Gasteiger partial charge in [0.15, 0.2) is 0 Å². The van der Waals surface area contributed by atoms with Crippen molar-refractivity contribution in [3.63, 3.8) is 0 Å². The van der Waals surface area contributed by atoms with E-state index in [0.717, 1.165) is 12.8 Å².